The van der Waals surface area contributed by atoms with Crippen molar-refractivity contribution in [2.75, 3.05) is 19.0 Å². The highest BCUT2D eigenvalue weighted by molar-refractivity contribution is 5.92. The summed E-state index contributed by atoms with van der Waals surface area (Å²) >= 11 is 0. The van der Waals surface area contributed by atoms with Gasteiger partial charge < -0.3 is 19.5 Å². The van der Waals surface area contributed by atoms with Crippen molar-refractivity contribution in [1.29, 1.82) is 0 Å². The average molecular weight is 363 g/mol. The Labute approximate surface area is 158 Å². The summed E-state index contributed by atoms with van der Waals surface area (Å²) in [6.07, 6.45) is 0. The molecule has 3 aromatic carbocycles. The molecule has 0 aliphatic carbocycles. The van der Waals surface area contributed by atoms with Gasteiger partial charge in [-0.25, -0.2) is 0 Å². The van der Waals surface area contributed by atoms with E-state index in [1.165, 1.54) is 0 Å². The van der Waals surface area contributed by atoms with Crippen molar-refractivity contribution in [3.8, 4) is 17.2 Å². The molecule has 0 aliphatic heterocycles. The van der Waals surface area contributed by atoms with Gasteiger partial charge in [0.1, 0.15) is 23.9 Å². The summed E-state index contributed by atoms with van der Waals surface area (Å²) in [7, 11) is 1.58. The minimum Gasteiger partial charge on any atom is -0.497 e. The third kappa shape index (κ3) is 5.78. The molecule has 0 atom stereocenters. The fraction of sp³-hybridized carbons (Fsp3) is 0.136. The summed E-state index contributed by atoms with van der Waals surface area (Å²) in [4.78, 5) is 12.0. The van der Waals surface area contributed by atoms with Gasteiger partial charge in [0.25, 0.3) is 5.91 Å². The van der Waals surface area contributed by atoms with E-state index in [0.29, 0.717) is 23.8 Å². The number of hydrogen-bond acceptors (Lipinski definition) is 4. The molecule has 0 heterocycles. The van der Waals surface area contributed by atoms with Crippen LogP contribution in [0.4, 0.5) is 5.69 Å². The lowest BCUT2D eigenvalue weighted by atomic mass is 10.2. The van der Waals surface area contributed by atoms with Crippen molar-refractivity contribution in [3.63, 3.8) is 0 Å². The first kappa shape index (κ1) is 18.3. The van der Waals surface area contributed by atoms with Crippen molar-refractivity contribution >= 4 is 11.6 Å². The summed E-state index contributed by atoms with van der Waals surface area (Å²) in [5.41, 5.74) is 1.76. The van der Waals surface area contributed by atoms with Crippen LogP contribution < -0.4 is 19.5 Å². The van der Waals surface area contributed by atoms with Crippen LogP contribution in [0.1, 0.15) is 5.56 Å². The van der Waals surface area contributed by atoms with Crippen molar-refractivity contribution in [2.24, 2.45) is 0 Å². The number of hydrogen-bond donors (Lipinski definition) is 1. The molecule has 0 unspecified atom stereocenters. The SMILES string of the molecule is COc1cccc(NC(=O)COc2ccc(OCc3ccccc3)cc2)c1. The zero-order valence-corrected chi connectivity index (χ0v) is 15.1. The van der Waals surface area contributed by atoms with Gasteiger partial charge >= 0.3 is 0 Å². The third-order valence-corrected chi connectivity index (χ3v) is 3.80. The van der Waals surface area contributed by atoms with Crippen LogP contribution in [-0.4, -0.2) is 19.6 Å². The van der Waals surface area contributed by atoms with Crippen LogP contribution in [-0.2, 0) is 11.4 Å². The molecule has 5 nitrogen and oxygen atoms in total. The van der Waals surface area contributed by atoms with E-state index in [-0.39, 0.29) is 12.5 Å². The molecule has 0 saturated carbocycles. The molecule has 3 rings (SSSR count). The Bertz CT molecular complexity index is 863. The van der Waals surface area contributed by atoms with Crippen molar-refractivity contribution in [2.45, 2.75) is 6.61 Å². The second-order valence-electron chi connectivity index (χ2n) is 5.81. The second kappa shape index (κ2) is 9.29. The van der Waals surface area contributed by atoms with Crippen LogP contribution in [0.25, 0.3) is 0 Å². The molecular formula is C22H21NO4. The summed E-state index contributed by atoms with van der Waals surface area (Å²) in [5, 5.41) is 2.77. The van der Waals surface area contributed by atoms with E-state index in [1.807, 2.05) is 54.6 Å². The lowest BCUT2D eigenvalue weighted by molar-refractivity contribution is -0.118. The molecule has 0 aromatic heterocycles. The highest BCUT2D eigenvalue weighted by atomic mass is 16.5. The summed E-state index contributed by atoms with van der Waals surface area (Å²) in [6.45, 7) is 0.422. The predicted molar refractivity (Wildman–Crippen MR) is 104 cm³/mol. The van der Waals surface area contributed by atoms with Crippen molar-refractivity contribution in [1.82, 2.24) is 0 Å². The van der Waals surface area contributed by atoms with Crippen molar-refractivity contribution in [3.05, 3.63) is 84.4 Å². The fourth-order valence-electron chi connectivity index (χ4n) is 2.42. The van der Waals surface area contributed by atoms with Crippen LogP contribution in [0.3, 0.4) is 0 Å². The number of nitrogens with one attached hydrogen (secondary N) is 1. The van der Waals surface area contributed by atoms with E-state index in [0.717, 1.165) is 11.3 Å². The fourth-order valence-corrected chi connectivity index (χ4v) is 2.42. The number of methoxy groups -OCH3 is 1. The van der Waals surface area contributed by atoms with Crippen LogP contribution in [0.5, 0.6) is 17.2 Å². The monoisotopic (exact) mass is 363 g/mol. The standard InChI is InChI=1S/C22H21NO4/c1-25-21-9-5-8-18(14-21)23-22(24)16-27-20-12-10-19(11-13-20)26-15-17-6-3-2-4-7-17/h2-14H,15-16H2,1H3,(H,23,24). The number of benzene rings is 3. The smallest absolute Gasteiger partial charge is 0.262 e. The van der Waals surface area contributed by atoms with Gasteiger partial charge in [0.2, 0.25) is 0 Å². The van der Waals surface area contributed by atoms with E-state index < -0.39 is 0 Å². The second-order valence-corrected chi connectivity index (χ2v) is 5.81. The number of anilines is 1. The van der Waals surface area contributed by atoms with Gasteiger partial charge in [-0.1, -0.05) is 36.4 Å². The number of amides is 1. The Balaban J connectivity index is 1.46. The van der Waals surface area contributed by atoms with E-state index in [4.69, 9.17) is 14.2 Å². The minimum atomic E-state index is -0.243. The van der Waals surface area contributed by atoms with Gasteiger partial charge in [0.05, 0.1) is 7.11 Å². The highest BCUT2D eigenvalue weighted by Gasteiger charge is 2.05. The summed E-state index contributed by atoms with van der Waals surface area (Å²) in [5.74, 6) is 1.78. The van der Waals surface area contributed by atoms with Gasteiger partial charge in [-0.3, -0.25) is 4.79 Å². The van der Waals surface area contributed by atoms with Gasteiger partial charge in [0.15, 0.2) is 6.61 Å². The van der Waals surface area contributed by atoms with Crippen LogP contribution >= 0.6 is 0 Å². The lowest BCUT2D eigenvalue weighted by Crippen LogP contribution is -2.20. The molecule has 5 heteroatoms. The first-order valence-electron chi connectivity index (χ1n) is 8.56. The molecule has 1 amide bonds. The van der Waals surface area contributed by atoms with Gasteiger partial charge in [-0.15, -0.1) is 0 Å². The van der Waals surface area contributed by atoms with E-state index >= 15 is 0 Å². The number of ether oxygens (including phenoxy) is 3. The normalized spacial score (nSPS) is 10.1. The van der Waals surface area contributed by atoms with Crippen LogP contribution in [0, 0.1) is 0 Å². The predicted octanol–water partition coefficient (Wildman–Crippen LogP) is 4.29. The number of carbonyl (C=O) groups is 1. The lowest BCUT2D eigenvalue weighted by Gasteiger charge is -2.10. The maximum atomic E-state index is 12.0. The quantitative estimate of drug-likeness (QED) is 0.649. The molecule has 27 heavy (non-hydrogen) atoms. The summed E-state index contributed by atoms with van der Waals surface area (Å²) < 4.78 is 16.4. The topological polar surface area (TPSA) is 56.8 Å². The first-order chi connectivity index (χ1) is 13.2. The average Bonchev–Trinajstić information content (AvgIpc) is 2.72. The van der Waals surface area contributed by atoms with Crippen LogP contribution in [0.2, 0.25) is 0 Å². The third-order valence-electron chi connectivity index (χ3n) is 3.80. The molecule has 0 saturated heterocycles. The minimum absolute atomic E-state index is 0.0819. The first-order valence-corrected chi connectivity index (χ1v) is 8.56. The Hall–Kier alpha value is -3.47. The molecule has 0 spiro atoms. The molecule has 0 bridgehead atoms. The van der Waals surface area contributed by atoms with Crippen LogP contribution in [0.15, 0.2) is 78.9 Å². The Morgan fingerprint density at radius 2 is 1.52 bits per heavy atom. The van der Waals surface area contributed by atoms with Crippen molar-refractivity contribution < 1.29 is 19.0 Å². The molecular weight excluding hydrogens is 342 g/mol. The van der Waals surface area contributed by atoms with E-state index in [9.17, 15) is 4.79 Å². The molecule has 138 valence electrons. The molecule has 0 radical (unpaired) electrons. The van der Waals surface area contributed by atoms with E-state index in [2.05, 4.69) is 5.32 Å². The largest absolute Gasteiger partial charge is 0.497 e. The maximum absolute atomic E-state index is 12.0. The molecule has 3 aromatic rings. The van der Waals surface area contributed by atoms with Gasteiger partial charge in [0, 0.05) is 11.8 Å². The summed E-state index contributed by atoms with van der Waals surface area (Å²) in [6, 6.07) is 24.3. The molecule has 1 N–H and O–H groups in total. The zero-order chi connectivity index (χ0) is 18.9. The highest BCUT2D eigenvalue weighted by Crippen LogP contribution is 2.19. The van der Waals surface area contributed by atoms with Gasteiger partial charge in [-0.05, 0) is 42.0 Å². The Kier molecular flexibility index (Phi) is 6.30. The zero-order valence-electron chi connectivity index (χ0n) is 15.1. The number of carbonyl (C=O) groups excluding carboxylic acids is 1. The molecule has 0 fully saturated rings. The van der Waals surface area contributed by atoms with Gasteiger partial charge in [-0.2, -0.15) is 0 Å². The molecule has 0 aliphatic rings. The number of rotatable bonds is 8. The Morgan fingerprint density at radius 1 is 0.815 bits per heavy atom. The Morgan fingerprint density at radius 3 is 2.22 bits per heavy atom. The maximum Gasteiger partial charge on any atom is 0.262 e. The van der Waals surface area contributed by atoms with E-state index in [1.54, 1.807) is 31.4 Å².